The minimum Gasteiger partial charge on any atom is -0.507 e. The van der Waals surface area contributed by atoms with E-state index in [1.54, 1.807) is 0 Å². The zero-order valence-corrected chi connectivity index (χ0v) is 18.2. The number of nitrogen functional groups attached to an aromatic ring is 1. The molecule has 0 amide bonds. The van der Waals surface area contributed by atoms with Crippen LogP contribution in [0.2, 0.25) is 0 Å². The van der Waals surface area contributed by atoms with Gasteiger partial charge in [0.1, 0.15) is 16.4 Å². The van der Waals surface area contributed by atoms with Crippen LogP contribution in [0.1, 0.15) is 32.0 Å². The molecule has 0 saturated carbocycles. The standard InChI is InChI=1S/C19H10BrF5N2O4S/c1-2-31-19(30)17-15(9-10(21)12(23)14(25)13(24)11(9)22)27-18(32(17)26)16(29)7-5-6(20)3-4-8(7)28/h3-5H,2,26H2,1H3/p+1. The Labute approximate surface area is 187 Å². The summed E-state index contributed by atoms with van der Waals surface area (Å²) in [5, 5.41) is 15.3. The van der Waals surface area contributed by atoms with Crippen LogP contribution in [0.15, 0.2) is 22.7 Å². The smallest absolute Gasteiger partial charge is 0.396 e. The largest absolute Gasteiger partial charge is 0.507 e. The third-order valence-corrected chi connectivity index (χ3v) is 6.15. The number of aromatic nitrogens is 1. The molecule has 6 nitrogen and oxygen atoms in total. The van der Waals surface area contributed by atoms with E-state index in [9.17, 15) is 36.6 Å². The molecule has 2 aromatic carbocycles. The van der Waals surface area contributed by atoms with E-state index >= 15 is 0 Å². The molecule has 1 unspecified atom stereocenters. The van der Waals surface area contributed by atoms with Gasteiger partial charge in [-0.25, -0.2) is 26.7 Å². The second-order valence-corrected chi connectivity index (χ2v) is 8.47. The average molecular weight is 538 g/mol. The molecule has 168 valence electrons. The molecule has 0 spiro atoms. The Bertz CT molecular complexity index is 1250. The van der Waals surface area contributed by atoms with Crippen molar-refractivity contribution >= 4 is 38.3 Å². The quantitative estimate of drug-likeness (QED) is 0.121. The number of esters is 1. The zero-order valence-electron chi connectivity index (χ0n) is 15.8. The molecule has 32 heavy (non-hydrogen) atoms. The van der Waals surface area contributed by atoms with Crippen molar-refractivity contribution in [3.8, 4) is 17.0 Å². The van der Waals surface area contributed by atoms with Gasteiger partial charge in [-0.1, -0.05) is 15.9 Å². The molecule has 0 aliphatic rings. The lowest BCUT2D eigenvalue weighted by molar-refractivity contribution is 0.0532. The Kier molecular flexibility index (Phi) is 6.62. The van der Waals surface area contributed by atoms with Gasteiger partial charge in [0.05, 0.1) is 17.7 Å². The van der Waals surface area contributed by atoms with E-state index in [2.05, 4.69) is 20.9 Å². The van der Waals surface area contributed by atoms with Crippen LogP contribution < -0.4 is 5.14 Å². The van der Waals surface area contributed by atoms with E-state index in [0.29, 0.717) is 4.47 Å². The van der Waals surface area contributed by atoms with Gasteiger partial charge in [0.2, 0.25) is 5.82 Å². The van der Waals surface area contributed by atoms with E-state index in [1.807, 2.05) is 0 Å². The summed E-state index contributed by atoms with van der Waals surface area (Å²) in [6.07, 6.45) is 0. The summed E-state index contributed by atoms with van der Waals surface area (Å²) in [6.45, 7) is 1.17. The number of nitrogens with two attached hydrogens (primary N) is 1. The van der Waals surface area contributed by atoms with Gasteiger partial charge in [0, 0.05) is 4.47 Å². The van der Waals surface area contributed by atoms with E-state index in [-0.39, 0.29) is 12.2 Å². The summed E-state index contributed by atoms with van der Waals surface area (Å²) >= 11 is 3.10. The van der Waals surface area contributed by atoms with Crippen LogP contribution in [0.3, 0.4) is 0 Å². The first-order valence-electron chi connectivity index (χ1n) is 8.54. The zero-order chi connectivity index (χ0) is 23.9. The third kappa shape index (κ3) is 3.87. The fourth-order valence-electron chi connectivity index (χ4n) is 2.72. The maximum atomic E-state index is 14.4. The van der Waals surface area contributed by atoms with Crippen LogP contribution in [0.4, 0.5) is 22.0 Å². The first-order chi connectivity index (χ1) is 15.0. The van der Waals surface area contributed by atoms with Gasteiger partial charge in [0.25, 0.3) is 5.78 Å². The lowest BCUT2D eigenvalue weighted by Gasteiger charge is -2.06. The van der Waals surface area contributed by atoms with Crippen molar-refractivity contribution in [2.45, 2.75) is 6.92 Å². The first-order valence-corrected chi connectivity index (χ1v) is 10.6. The number of carbonyl (C=O) groups excluding carboxylic acids is 2. The fourth-order valence-corrected chi connectivity index (χ4v) is 4.37. The number of phenolic OH excluding ortho intramolecular Hbond substituents is 1. The van der Waals surface area contributed by atoms with Gasteiger partial charge in [-0.05, 0) is 25.1 Å². The Morgan fingerprint density at radius 2 is 1.66 bits per heavy atom. The number of ether oxygens (including phenoxy) is 1. The van der Waals surface area contributed by atoms with Crippen LogP contribution in [0, 0.1) is 29.1 Å². The summed E-state index contributed by atoms with van der Waals surface area (Å²) in [7, 11) is -2.08. The second-order valence-electron chi connectivity index (χ2n) is 6.09. The van der Waals surface area contributed by atoms with Crippen LogP contribution in [-0.4, -0.2) is 28.4 Å². The Balaban J connectivity index is 2.35. The topological polar surface area (TPSA) is 103 Å². The Morgan fingerprint density at radius 1 is 1.09 bits per heavy atom. The van der Waals surface area contributed by atoms with E-state index in [1.165, 1.54) is 19.1 Å². The lowest BCUT2D eigenvalue weighted by atomic mass is 10.1. The lowest BCUT2D eigenvalue weighted by Crippen LogP contribution is -2.10. The molecular weight excluding hydrogens is 527 g/mol. The van der Waals surface area contributed by atoms with Crippen molar-refractivity contribution in [1.82, 2.24) is 4.98 Å². The minimum absolute atomic E-state index is 0.223. The predicted octanol–water partition coefficient (Wildman–Crippen LogP) is 4.78. The average Bonchev–Trinajstić information content (AvgIpc) is 3.09. The molecule has 3 N–H and O–H groups in total. The summed E-state index contributed by atoms with van der Waals surface area (Å²) in [4.78, 5) is 28.3. The highest BCUT2D eigenvalue weighted by molar-refractivity contribution is 9.10. The number of nitrogens with zero attached hydrogens (tertiary/aromatic N) is 1. The third-order valence-electron chi connectivity index (χ3n) is 4.16. The molecule has 1 aromatic heterocycles. The number of phenols is 1. The minimum atomic E-state index is -2.41. The molecule has 0 aliphatic carbocycles. The van der Waals surface area contributed by atoms with E-state index in [0.717, 1.165) is 6.07 Å². The highest BCUT2D eigenvalue weighted by Gasteiger charge is 2.42. The van der Waals surface area contributed by atoms with E-state index in [4.69, 9.17) is 9.88 Å². The summed E-state index contributed by atoms with van der Waals surface area (Å²) in [5.74, 6) is -14.3. The fraction of sp³-hybridized carbons (Fsp3) is 0.105. The summed E-state index contributed by atoms with van der Waals surface area (Å²) < 4.78 is 75.0. The normalized spacial score (nSPS) is 11.6. The Hall–Kier alpha value is -2.90. The summed E-state index contributed by atoms with van der Waals surface area (Å²) in [5.41, 5.74) is -2.89. The number of rotatable bonds is 5. The van der Waals surface area contributed by atoms with Crippen molar-refractivity contribution in [3.63, 3.8) is 0 Å². The molecular formula is C19H11BrF5N2O4S+. The molecule has 3 aromatic rings. The van der Waals surface area contributed by atoms with Gasteiger partial charge >= 0.3 is 15.9 Å². The van der Waals surface area contributed by atoms with Crippen molar-refractivity contribution < 1.29 is 41.4 Å². The second kappa shape index (κ2) is 8.92. The highest BCUT2D eigenvalue weighted by atomic mass is 79.9. The van der Waals surface area contributed by atoms with Gasteiger partial charge < -0.3 is 9.84 Å². The van der Waals surface area contributed by atoms with Crippen LogP contribution >= 0.6 is 26.6 Å². The number of carbonyl (C=O) groups is 2. The van der Waals surface area contributed by atoms with Crippen LogP contribution in [-0.2, 0) is 4.74 Å². The monoisotopic (exact) mass is 537 g/mol. The number of thiazole rings is 1. The summed E-state index contributed by atoms with van der Waals surface area (Å²) in [6, 6.07) is 3.76. The number of halogens is 6. The number of hydrogen-bond donors (Lipinski definition) is 2. The molecule has 0 bridgehead atoms. The van der Waals surface area contributed by atoms with Crippen LogP contribution in [0.25, 0.3) is 11.3 Å². The molecule has 0 saturated heterocycles. The number of hydrogen-bond acceptors (Lipinski definition) is 6. The molecule has 1 heterocycles. The Morgan fingerprint density at radius 3 is 2.22 bits per heavy atom. The molecule has 0 fully saturated rings. The van der Waals surface area contributed by atoms with Crippen molar-refractivity contribution in [2.24, 2.45) is 0 Å². The van der Waals surface area contributed by atoms with Crippen molar-refractivity contribution in [3.05, 3.63) is 67.2 Å². The maximum absolute atomic E-state index is 14.4. The first kappa shape index (κ1) is 23.8. The predicted molar refractivity (Wildman–Crippen MR) is 107 cm³/mol. The number of aromatic hydroxyl groups is 1. The highest BCUT2D eigenvalue weighted by Crippen LogP contribution is 2.40. The SMILES string of the molecule is CCOC(=O)c1c(-c2c(F)c(F)c(F)c(F)c2F)nc(C(=O)c2cc(Br)ccc2O)[s+]1N. The van der Waals surface area contributed by atoms with Crippen molar-refractivity contribution in [1.29, 1.82) is 0 Å². The molecule has 3 rings (SSSR count). The van der Waals surface area contributed by atoms with Gasteiger partial charge in [-0.2, -0.15) is 4.98 Å². The van der Waals surface area contributed by atoms with Gasteiger partial charge in [-0.15, -0.1) is 5.14 Å². The van der Waals surface area contributed by atoms with E-state index < -0.39 is 78.4 Å². The molecule has 0 aliphatic heterocycles. The molecule has 1 atom stereocenters. The van der Waals surface area contributed by atoms with Gasteiger partial charge in [0.15, 0.2) is 29.0 Å². The van der Waals surface area contributed by atoms with Gasteiger partial charge in [-0.3, -0.25) is 4.79 Å². The number of ketones is 1. The molecule has 13 heteroatoms. The molecule has 0 radical (unpaired) electrons. The van der Waals surface area contributed by atoms with Crippen molar-refractivity contribution in [2.75, 3.05) is 11.7 Å². The number of benzene rings is 2. The maximum Gasteiger partial charge on any atom is 0.396 e. The van der Waals surface area contributed by atoms with Crippen LogP contribution in [0.5, 0.6) is 5.75 Å².